The number of fused-ring (bicyclic) bond motifs is 3. The van der Waals surface area contributed by atoms with Gasteiger partial charge in [-0.15, -0.1) is 0 Å². The number of aromatic amines is 1. The lowest BCUT2D eigenvalue weighted by Gasteiger charge is -2.37. The molecule has 0 aliphatic carbocycles. The molecule has 2 aliphatic rings. The lowest BCUT2D eigenvalue weighted by Crippen LogP contribution is -2.50. The van der Waals surface area contributed by atoms with Crippen molar-refractivity contribution in [3.63, 3.8) is 0 Å². The van der Waals surface area contributed by atoms with Crippen LogP contribution in [0.2, 0.25) is 0 Å². The Morgan fingerprint density at radius 2 is 1.73 bits per heavy atom. The first-order valence-electron chi connectivity index (χ1n) is 13.6. The number of sulfonamides is 1. The third-order valence-corrected chi connectivity index (χ3v) is 10.3. The number of benzene rings is 2. The zero-order valence-corrected chi connectivity index (χ0v) is 24.9. The highest BCUT2D eigenvalue weighted by Crippen LogP contribution is 2.38. The third-order valence-electron chi connectivity index (χ3n) is 7.94. The summed E-state index contributed by atoms with van der Waals surface area (Å²) in [6.07, 6.45) is 3.37. The lowest BCUT2D eigenvalue weighted by atomic mass is 10.1. The van der Waals surface area contributed by atoms with Crippen LogP contribution in [0.5, 0.6) is 11.5 Å². The van der Waals surface area contributed by atoms with E-state index in [0.717, 1.165) is 59.4 Å². The van der Waals surface area contributed by atoms with Gasteiger partial charge in [0, 0.05) is 55.9 Å². The number of thiocarbonyl (C=S) groups is 1. The zero-order valence-electron chi connectivity index (χ0n) is 23.3. The van der Waals surface area contributed by atoms with Gasteiger partial charge in [0.1, 0.15) is 17.8 Å². The number of H-pyrrole nitrogens is 1. The van der Waals surface area contributed by atoms with Crippen molar-refractivity contribution in [3.05, 3.63) is 42.7 Å². The van der Waals surface area contributed by atoms with Crippen LogP contribution in [0.3, 0.4) is 0 Å². The fourth-order valence-corrected chi connectivity index (χ4v) is 7.71. The molecule has 41 heavy (non-hydrogen) atoms. The highest BCUT2D eigenvalue weighted by atomic mass is 32.2. The number of anilines is 2. The van der Waals surface area contributed by atoms with Gasteiger partial charge in [0.25, 0.3) is 0 Å². The highest BCUT2D eigenvalue weighted by Gasteiger charge is 2.32. The number of rotatable bonds is 6. The van der Waals surface area contributed by atoms with Gasteiger partial charge in [0.05, 0.1) is 30.0 Å². The van der Waals surface area contributed by atoms with Gasteiger partial charge >= 0.3 is 0 Å². The number of hydrogen-bond donors (Lipinski definition) is 2. The summed E-state index contributed by atoms with van der Waals surface area (Å²) in [6, 6.07) is 10.7. The van der Waals surface area contributed by atoms with E-state index in [4.69, 9.17) is 21.7 Å². The molecule has 0 saturated carbocycles. The minimum Gasteiger partial charge on any atom is -0.493 e. The second-order valence-electron chi connectivity index (χ2n) is 10.3. The molecule has 4 aromatic rings. The number of nitrogens with one attached hydrogen (secondary N) is 2. The zero-order chi connectivity index (χ0) is 28.7. The van der Waals surface area contributed by atoms with Crippen LogP contribution in [0.4, 0.5) is 11.5 Å². The quantitative estimate of drug-likeness (QED) is 0.319. The molecule has 1 unspecified atom stereocenters. The Balaban J connectivity index is 1.14. The molecule has 2 aromatic heterocycles. The van der Waals surface area contributed by atoms with Crippen LogP contribution < -0.4 is 19.7 Å². The topological polar surface area (TPSA) is 116 Å². The SMILES string of the molecule is COc1cc2[nH]c3ncnc(N4CCN(C(=S)Nc5ccc(S(=O)(=O)N6CCCC6C)cc5)CC4)c3c2cc1OC. The first-order chi connectivity index (χ1) is 19.8. The van der Waals surface area contributed by atoms with Gasteiger partial charge in [0.15, 0.2) is 16.6 Å². The van der Waals surface area contributed by atoms with E-state index in [1.165, 1.54) is 0 Å². The smallest absolute Gasteiger partial charge is 0.243 e. The summed E-state index contributed by atoms with van der Waals surface area (Å²) in [5.41, 5.74) is 2.41. The number of piperazine rings is 1. The predicted octanol–water partition coefficient (Wildman–Crippen LogP) is 3.82. The predicted molar refractivity (Wildman–Crippen MR) is 164 cm³/mol. The van der Waals surface area contributed by atoms with Crippen molar-refractivity contribution in [1.29, 1.82) is 0 Å². The molecule has 2 fully saturated rings. The Hall–Kier alpha value is -3.68. The molecule has 0 amide bonds. The van der Waals surface area contributed by atoms with E-state index in [9.17, 15) is 8.42 Å². The third kappa shape index (κ3) is 5.02. The van der Waals surface area contributed by atoms with Crippen molar-refractivity contribution in [2.75, 3.05) is 57.2 Å². The summed E-state index contributed by atoms with van der Waals surface area (Å²) in [6.45, 7) is 5.38. The lowest BCUT2D eigenvalue weighted by molar-refractivity contribution is 0.356. The van der Waals surface area contributed by atoms with Crippen molar-refractivity contribution in [1.82, 2.24) is 24.2 Å². The van der Waals surface area contributed by atoms with E-state index in [2.05, 4.69) is 30.1 Å². The molecular formula is C28H33N7O4S2. The van der Waals surface area contributed by atoms with Crippen LogP contribution >= 0.6 is 12.2 Å². The Kier molecular flexibility index (Phi) is 7.34. The molecule has 6 rings (SSSR count). The van der Waals surface area contributed by atoms with Gasteiger partial charge in [-0.05, 0) is 62.3 Å². The Labute approximate surface area is 244 Å². The van der Waals surface area contributed by atoms with Crippen LogP contribution in [-0.2, 0) is 10.0 Å². The molecule has 13 heteroatoms. The molecule has 216 valence electrons. The van der Waals surface area contributed by atoms with Gasteiger partial charge in [0.2, 0.25) is 10.0 Å². The van der Waals surface area contributed by atoms with Crippen molar-refractivity contribution in [2.45, 2.75) is 30.7 Å². The second kappa shape index (κ2) is 11.0. The van der Waals surface area contributed by atoms with Crippen molar-refractivity contribution in [3.8, 4) is 11.5 Å². The van der Waals surface area contributed by atoms with Crippen molar-refractivity contribution < 1.29 is 17.9 Å². The van der Waals surface area contributed by atoms with E-state index in [1.807, 2.05) is 19.1 Å². The maximum atomic E-state index is 13.0. The first-order valence-corrected chi connectivity index (χ1v) is 15.5. The molecule has 2 aromatic carbocycles. The number of hydrogen-bond acceptors (Lipinski definition) is 8. The van der Waals surface area contributed by atoms with Crippen LogP contribution in [-0.4, -0.2) is 90.7 Å². The fourth-order valence-electron chi connectivity index (χ4n) is 5.71. The Morgan fingerprint density at radius 1 is 1.02 bits per heavy atom. The van der Waals surface area contributed by atoms with Gasteiger partial charge in [-0.1, -0.05) is 0 Å². The highest BCUT2D eigenvalue weighted by molar-refractivity contribution is 7.89. The molecule has 0 radical (unpaired) electrons. The molecule has 2 saturated heterocycles. The van der Waals surface area contributed by atoms with Crippen molar-refractivity contribution >= 4 is 60.8 Å². The average molecular weight is 596 g/mol. The van der Waals surface area contributed by atoms with Crippen LogP contribution in [0.15, 0.2) is 47.6 Å². The van der Waals surface area contributed by atoms with Gasteiger partial charge in [-0.2, -0.15) is 4.31 Å². The Bertz CT molecular complexity index is 1700. The van der Waals surface area contributed by atoms with Crippen LogP contribution in [0.1, 0.15) is 19.8 Å². The van der Waals surface area contributed by atoms with E-state index in [0.29, 0.717) is 41.1 Å². The number of methoxy groups -OCH3 is 2. The summed E-state index contributed by atoms with van der Waals surface area (Å²) in [7, 11) is -0.249. The van der Waals surface area contributed by atoms with Gasteiger partial charge < -0.3 is 29.6 Å². The molecule has 1 atom stereocenters. The Morgan fingerprint density at radius 3 is 2.39 bits per heavy atom. The second-order valence-corrected chi connectivity index (χ2v) is 12.6. The fraction of sp³-hybridized carbons (Fsp3) is 0.393. The summed E-state index contributed by atoms with van der Waals surface area (Å²) in [5.74, 6) is 2.15. The number of ether oxygens (including phenoxy) is 2. The van der Waals surface area contributed by atoms with E-state index >= 15 is 0 Å². The largest absolute Gasteiger partial charge is 0.493 e. The van der Waals surface area contributed by atoms with Crippen LogP contribution in [0, 0.1) is 0 Å². The van der Waals surface area contributed by atoms with E-state index < -0.39 is 10.0 Å². The monoisotopic (exact) mass is 595 g/mol. The van der Waals surface area contributed by atoms with Gasteiger partial charge in [-0.3, -0.25) is 0 Å². The normalized spacial score (nSPS) is 18.3. The molecule has 4 heterocycles. The molecule has 0 bridgehead atoms. The molecule has 2 aliphatic heterocycles. The average Bonchev–Trinajstić information content (AvgIpc) is 3.59. The maximum absolute atomic E-state index is 13.0. The summed E-state index contributed by atoms with van der Waals surface area (Å²) < 4.78 is 38.6. The standard InChI is InChI=1S/C28H33N7O4S2/c1-18-5-4-10-35(18)41(36,37)20-8-6-19(7-9-20)31-28(40)34-13-11-33(12-14-34)27-25-21-15-23(38-2)24(39-3)16-22(21)32-26(25)29-17-30-27/h6-9,15-18H,4-5,10-14H2,1-3H3,(H,31,40)(H,29,30,32). The van der Waals surface area contributed by atoms with E-state index in [-0.39, 0.29) is 6.04 Å². The van der Waals surface area contributed by atoms with Crippen LogP contribution in [0.25, 0.3) is 21.9 Å². The molecule has 2 N–H and O–H groups in total. The number of aromatic nitrogens is 3. The molecular weight excluding hydrogens is 562 g/mol. The first kappa shape index (κ1) is 27.5. The minimum atomic E-state index is -3.49. The maximum Gasteiger partial charge on any atom is 0.243 e. The summed E-state index contributed by atoms with van der Waals surface area (Å²) in [4.78, 5) is 17.2. The van der Waals surface area contributed by atoms with Gasteiger partial charge in [-0.25, -0.2) is 18.4 Å². The van der Waals surface area contributed by atoms with E-state index in [1.54, 1.807) is 49.1 Å². The number of nitrogens with zero attached hydrogens (tertiary/aromatic N) is 5. The summed E-state index contributed by atoms with van der Waals surface area (Å²) >= 11 is 5.71. The summed E-state index contributed by atoms with van der Waals surface area (Å²) in [5, 5.41) is 5.78. The minimum absolute atomic E-state index is 0.0322. The molecule has 11 nitrogen and oxygen atoms in total. The van der Waals surface area contributed by atoms with Crippen molar-refractivity contribution in [2.24, 2.45) is 0 Å². The molecule has 0 spiro atoms.